The fourth-order valence-electron chi connectivity index (χ4n) is 4.57. The Bertz CT molecular complexity index is 828. The lowest BCUT2D eigenvalue weighted by Crippen LogP contribution is -2.48. The van der Waals surface area contributed by atoms with Crippen molar-refractivity contribution < 1.29 is 9.53 Å². The summed E-state index contributed by atoms with van der Waals surface area (Å²) in [5.74, 6) is 2.55. The van der Waals surface area contributed by atoms with E-state index in [1.807, 2.05) is 18.2 Å². The molecule has 1 saturated carbocycles. The Morgan fingerprint density at radius 1 is 1.21 bits per heavy atom. The molecule has 2 fully saturated rings. The van der Waals surface area contributed by atoms with E-state index in [2.05, 4.69) is 24.1 Å². The van der Waals surface area contributed by atoms with E-state index >= 15 is 0 Å². The molecule has 1 aliphatic carbocycles. The molecule has 1 N–H and O–H groups in total. The number of ether oxygens (including phenoxy) is 1. The van der Waals surface area contributed by atoms with E-state index in [4.69, 9.17) is 9.72 Å². The van der Waals surface area contributed by atoms with Crippen LogP contribution < -0.4 is 15.0 Å². The van der Waals surface area contributed by atoms with Gasteiger partial charge in [-0.2, -0.15) is 0 Å². The third-order valence-corrected chi connectivity index (χ3v) is 7.83. The van der Waals surface area contributed by atoms with Gasteiger partial charge in [-0.3, -0.25) is 4.79 Å². The summed E-state index contributed by atoms with van der Waals surface area (Å²) < 4.78 is 6.46. The van der Waals surface area contributed by atoms with Crippen molar-refractivity contribution in [2.24, 2.45) is 17.8 Å². The lowest BCUT2D eigenvalue weighted by Gasteiger charge is -2.37. The van der Waals surface area contributed by atoms with Crippen molar-refractivity contribution >= 4 is 32.6 Å². The molecule has 5 nitrogen and oxygen atoms in total. The second kappa shape index (κ2) is 8.27. The average Bonchev–Trinajstić information content (AvgIpc) is 3.14. The molecule has 1 saturated heterocycles. The normalized spacial score (nSPS) is 26.4. The van der Waals surface area contributed by atoms with Gasteiger partial charge < -0.3 is 15.0 Å². The minimum atomic E-state index is 0.134. The van der Waals surface area contributed by atoms with Crippen molar-refractivity contribution in [2.75, 3.05) is 25.1 Å². The topological polar surface area (TPSA) is 54.5 Å². The number of methoxy groups -OCH3 is 1. The third-order valence-electron chi connectivity index (χ3n) is 6.76. The highest BCUT2D eigenvalue weighted by molar-refractivity contribution is 7.22. The van der Waals surface area contributed by atoms with Crippen LogP contribution in [0.5, 0.6) is 5.75 Å². The average molecular weight is 402 g/mol. The van der Waals surface area contributed by atoms with E-state index in [0.717, 1.165) is 53.4 Å². The highest BCUT2D eigenvalue weighted by Crippen LogP contribution is 2.34. The third kappa shape index (κ3) is 3.97. The quantitative estimate of drug-likeness (QED) is 0.822. The number of hydrogen-bond donors (Lipinski definition) is 1. The molecule has 1 aromatic carbocycles. The molecule has 2 aliphatic rings. The number of fused-ring (bicyclic) bond motifs is 1. The maximum atomic E-state index is 12.8. The predicted molar refractivity (Wildman–Crippen MR) is 115 cm³/mol. The maximum Gasteiger partial charge on any atom is 0.223 e. The molecule has 2 aromatic rings. The van der Waals surface area contributed by atoms with Gasteiger partial charge in [0.25, 0.3) is 0 Å². The zero-order valence-electron chi connectivity index (χ0n) is 17.1. The van der Waals surface area contributed by atoms with Crippen LogP contribution in [0.2, 0.25) is 0 Å². The summed E-state index contributed by atoms with van der Waals surface area (Å²) in [5.41, 5.74) is 1.01. The number of aromatic nitrogens is 1. The molecule has 4 rings (SSSR count). The summed E-state index contributed by atoms with van der Waals surface area (Å²) in [6.45, 7) is 6.39. The van der Waals surface area contributed by atoms with Crippen LogP contribution in [-0.4, -0.2) is 37.1 Å². The minimum Gasteiger partial charge on any atom is -0.497 e. The monoisotopic (exact) mass is 401 g/mol. The number of rotatable bonds is 4. The van der Waals surface area contributed by atoms with Gasteiger partial charge in [-0.1, -0.05) is 38.0 Å². The van der Waals surface area contributed by atoms with Crippen LogP contribution >= 0.6 is 11.3 Å². The Balaban J connectivity index is 1.34. The van der Waals surface area contributed by atoms with Crippen LogP contribution in [0.1, 0.15) is 46.0 Å². The van der Waals surface area contributed by atoms with Crippen molar-refractivity contribution in [3.05, 3.63) is 18.2 Å². The number of carbonyl (C=O) groups is 1. The van der Waals surface area contributed by atoms with Gasteiger partial charge in [-0.25, -0.2) is 4.98 Å². The van der Waals surface area contributed by atoms with E-state index in [0.29, 0.717) is 17.9 Å². The van der Waals surface area contributed by atoms with Crippen LogP contribution in [0.15, 0.2) is 18.2 Å². The number of anilines is 1. The van der Waals surface area contributed by atoms with Crippen LogP contribution in [0, 0.1) is 17.8 Å². The van der Waals surface area contributed by atoms with Gasteiger partial charge in [-0.05, 0) is 49.3 Å². The smallest absolute Gasteiger partial charge is 0.223 e. The molecule has 3 unspecified atom stereocenters. The summed E-state index contributed by atoms with van der Waals surface area (Å²) in [6, 6.07) is 6.37. The highest BCUT2D eigenvalue weighted by Gasteiger charge is 2.32. The number of thiazole rings is 1. The molecule has 0 radical (unpaired) electrons. The molecule has 1 aliphatic heterocycles. The summed E-state index contributed by atoms with van der Waals surface area (Å²) in [4.78, 5) is 19.9. The summed E-state index contributed by atoms with van der Waals surface area (Å²) in [7, 11) is 1.69. The van der Waals surface area contributed by atoms with Gasteiger partial charge in [0.1, 0.15) is 5.75 Å². The minimum absolute atomic E-state index is 0.134. The first-order valence-electron chi connectivity index (χ1n) is 10.5. The van der Waals surface area contributed by atoms with E-state index in [-0.39, 0.29) is 11.8 Å². The summed E-state index contributed by atoms with van der Waals surface area (Å²) >= 11 is 1.71. The first-order chi connectivity index (χ1) is 13.5. The second-order valence-electron chi connectivity index (χ2n) is 8.47. The molecule has 1 amide bonds. The molecule has 0 bridgehead atoms. The Hall–Kier alpha value is -1.82. The SMILES string of the molecule is COc1ccc2nc(N3CCC(C(=O)NC4CCCC(C)C4C)CC3)sc2c1. The lowest BCUT2D eigenvalue weighted by atomic mass is 9.78. The van der Waals surface area contributed by atoms with Crippen LogP contribution in [0.4, 0.5) is 5.13 Å². The van der Waals surface area contributed by atoms with Gasteiger partial charge in [0.05, 0.1) is 17.3 Å². The van der Waals surface area contributed by atoms with Crippen LogP contribution in [0.3, 0.4) is 0 Å². The van der Waals surface area contributed by atoms with Crippen molar-refractivity contribution in [2.45, 2.75) is 52.0 Å². The molecule has 1 aromatic heterocycles. The molecular formula is C22H31N3O2S. The number of nitrogens with zero attached hydrogens (tertiary/aromatic N) is 2. The van der Waals surface area contributed by atoms with Gasteiger partial charge in [0.15, 0.2) is 5.13 Å². The van der Waals surface area contributed by atoms with Gasteiger partial charge in [0.2, 0.25) is 5.91 Å². The van der Waals surface area contributed by atoms with Crippen LogP contribution in [0.25, 0.3) is 10.2 Å². The van der Waals surface area contributed by atoms with Crippen molar-refractivity contribution in [3.8, 4) is 5.75 Å². The predicted octanol–water partition coefficient (Wildman–Crippen LogP) is 4.46. The van der Waals surface area contributed by atoms with Gasteiger partial charge in [0, 0.05) is 25.0 Å². The maximum absolute atomic E-state index is 12.8. The van der Waals surface area contributed by atoms with Crippen molar-refractivity contribution in [3.63, 3.8) is 0 Å². The molecule has 6 heteroatoms. The molecule has 3 atom stereocenters. The van der Waals surface area contributed by atoms with E-state index < -0.39 is 0 Å². The number of hydrogen-bond acceptors (Lipinski definition) is 5. The van der Waals surface area contributed by atoms with Gasteiger partial charge in [-0.15, -0.1) is 0 Å². The Labute approximate surface area is 171 Å². The Kier molecular flexibility index (Phi) is 5.76. The summed E-state index contributed by atoms with van der Waals surface area (Å²) in [6.07, 6.45) is 5.46. The lowest BCUT2D eigenvalue weighted by molar-refractivity contribution is -0.127. The van der Waals surface area contributed by atoms with Crippen molar-refractivity contribution in [1.29, 1.82) is 0 Å². The second-order valence-corrected chi connectivity index (χ2v) is 9.48. The number of amides is 1. The van der Waals surface area contributed by atoms with E-state index in [9.17, 15) is 4.79 Å². The molecule has 2 heterocycles. The fraction of sp³-hybridized carbons (Fsp3) is 0.636. The van der Waals surface area contributed by atoms with E-state index in [1.54, 1.807) is 18.4 Å². The van der Waals surface area contributed by atoms with Crippen molar-refractivity contribution in [1.82, 2.24) is 10.3 Å². The molecular weight excluding hydrogens is 370 g/mol. The molecule has 0 spiro atoms. The number of benzene rings is 1. The molecule has 152 valence electrons. The Morgan fingerprint density at radius 2 is 2.00 bits per heavy atom. The highest BCUT2D eigenvalue weighted by atomic mass is 32.1. The zero-order chi connectivity index (χ0) is 19.7. The number of carbonyl (C=O) groups excluding carboxylic acids is 1. The van der Waals surface area contributed by atoms with E-state index in [1.165, 1.54) is 12.8 Å². The molecule has 28 heavy (non-hydrogen) atoms. The summed E-state index contributed by atoms with van der Waals surface area (Å²) in [5, 5.41) is 4.43. The fourth-order valence-corrected chi connectivity index (χ4v) is 5.62. The standard InChI is InChI=1S/C22H31N3O2S/c1-14-5-4-6-18(15(14)2)23-21(26)16-9-11-25(12-10-16)22-24-19-8-7-17(27-3)13-20(19)28-22/h7-8,13-16,18H,4-6,9-12H2,1-3H3,(H,23,26). The zero-order valence-corrected chi connectivity index (χ0v) is 17.9. The first kappa shape index (κ1) is 19.5. The van der Waals surface area contributed by atoms with Crippen LogP contribution in [-0.2, 0) is 4.79 Å². The number of nitrogens with one attached hydrogen (secondary N) is 1. The number of piperidine rings is 1. The Morgan fingerprint density at radius 3 is 2.75 bits per heavy atom. The first-order valence-corrected chi connectivity index (χ1v) is 11.4. The van der Waals surface area contributed by atoms with Gasteiger partial charge >= 0.3 is 0 Å². The largest absolute Gasteiger partial charge is 0.497 e.